The minimum atomic E-state index is -4.40. The molecule has 0 spiro atoms. The Bertz CT molecular complexity index is 382. The van der Waals surface area contributed by atoms with Crippen LogP contribution >= 0.6 is 0 Å². The summed E-state index contributed by atoms with van der Waals surface area (Å²) in [7, 11) is 0. The highest BCUT2D eigenvalue weighted by Crippen LogP contribution is 2.30. The maximum Gasteiger partial charge on any atom is 0.416 e. The van der Waals surface area contributed by atoms with E-state index in [2.05, 4.69) is 0 Å². The molecule has 4 heteroatoms. The van der Waals surface area contributed by atoms with Gasteiger partial charge in [0.25, 0.3) is 0 Å². The summed E-state index contributed by atoms with van der Waals surface area (Å²) < 4.78 is 37.2. The highest BCUT2D eigenvalue weighted by Gasteiger charge is 2.31. The molecule has 0 radical (unpaired) electrons. The Balaban J connectivity index is 3.04. The minimum absolute atomic E-state index is 0.129. The maximum atomic E-state index is 12.4. The molecule has 1 rings (SSSR count). The van der Waals surface area contributed by atoms with E-state index in [-0.39, 0.29) is 17.3 Å². The fourth-order valence-corrected chi connectivity index (χ4v) is 1.32. The van der Waals surface area contributed by atoms with Crippen molar-refractivity contribution in [1.82, 2.24) is 0 Å². The summed E-state index contributed by atoms with van der Waals surface area (Å²) >= 11 is 0. The first-order valence-electron chi connectivity index (χ1n) is 5.07. The summed E-state index contributed by atoms with van der Waals surface area (Å²) in [5.74, 6) is -0.489. The Morgan fingerprint density at radius 3 is 2.50 bits per heavy atom. The van der Waals surface area contributed by atoms with Crippen molar-refractivity contribution >= 4 is 5.78 Å². The van der Waals surface area contributed by atoms with Crippen molar-refractivity contribution in [2.24, 2.45) is 5.92 Å². The number of hydrogen-bond acceptors (Lipinski definition) is 1. The van der Waals surface area contributed by atoms with Crippen molar-refractivity contribution in [1.29, 1.82) is 0 Å². The van der Waals surface area contributed by atoms with Gasteiger partial charge in [-0.3, -0.25) is 4.79 Å². The molecule has 16 heavy (non-hydrogen) atoms. The van der Waals surface area contributed by atoms with Gasteiger partial charge in [0.05, 0.1) is 5.56 Å². The van der Waals surface area contributed by atoms with Crippen LogP contribution in [-0.2, 0) is 6.18 Å². The SMILES string of the molecule is CCC(C)C(=O)c1cccc(C(F)(F)F)c1. The zero-order chi connectivity index (χ0) is 12.3. The first kappa shape index (κ1) is 12.7. The lowest BCUT2D eigenvalue weighted by Crippen LogP contribution is -2.12. The molecule has 0 amide bonds. The van der Waals surface area contributed by atoms with Gasteiger partial charge in [0.2, 0.25) is 0 Å². The lowest BCUT2D eigenvalue weighted by molar-refractivity contribution is -0.137. The van der Waals surface area contributed by atoms with Gasteiger partial charge < -0.3 is 0 Å². The second-order valence-electron chi connectivity index (χ2n) is 3.75. The molecule has 1 aromatic carbocycles. The third-order valence-electron chi connectivity index (χ3n) is 2.53. The van der Waals surface area contributed by atoms with Gasteiger partial charge in [-0.05, 0) is 18.6 Å². The molecule has 1 atom stereocenters. The normalized spacial score (nSPS) is 13.6. The van der Waals surface area contributed by atoms with E-state index in [1.165, 1.54) is 12.1 Å². The molecular weight excluding hydrogens is 217 g/mol. The van der Waals surface area contributed by atoms with Crippen molar-refractivity contribution < 1.29 is 18.0 Å². The molecule has 0 aliphatic rings. The van der Waals surface area contributed by atoms with E-state index in [0.29, 0.717) is 6.42 Å². The molecule has 0 bridgehead atoms. The summed E-state index contributed by atoms with van der Waals surface area (Å²) in [6.45, 7) is 3.54. The first-order valence-corrected chi connectivity index (χ1v) is 5.07. The van der Waals surface area contributed by atoms with Crippen LogP contribution in [0.5, 0.6) is 0 Å². The lowest BCUT2D eigenvalue weighted by atomic mass is 9.96. The monoisotopic (exact) mass is 230 g/mol. The van der Waals surface area contributed by atoms with Gasteiger partial charge in [-0.25, -0.2) is 0 Å². The summed E-state index contributed by atoms with van der Waals surface area (Å²) in [6.07, 6.45) is -3.78. The molecule has 0 aromatic heterocycles. The average Bonchev–Trinajstić information content (AvgIpc) is 2.26. The van der Waals surface area contributed by atoms with Gasteiger partial charge in [-0.1, -0.05) is 26.0 Å². The fraction of sp³-hybridized carbons (Fsp3) is 0.417. The molecule has 0 saturated carbocycles. The van der Waals surface area contributed by atoms with Crippen molar-refractivity contribution in [2.75, 3.05) is 0 Å². The van der Waals surface area contributed by atoms with E-state index in [9.17, 15) is 18.0 Å². The molecule has 88 valence electrons. The number of Topliss-reactive ketones (excluding diaryl/α,β-unsaturated/α-hetero) is 1. The van der Waals surface area contributed by atoms with Crippen molar-refractivity contribution in [2.45, 2.75) is 26.4 Å². The van der Waals surface area contributed by atoms with Crippen LogP contribution in [0.1, 0.15) is 36.2 Å². The highest BCUT2D eigenvalue weighted by atomic mass is 19.4. The van der Waals surface area contributed by atoms with E-state index < -0.39 is 11.7 Å². The number of ketones is 1. The zero-order valence-electron chi connectivity index (χ0n) is 9.14. The third-order valence-corrected chi connectivity index (χ3v) is 2.53. The summed E-state index contributed by atoms with van der Waals surface area (Å²) in [4.78, 5) is 11.7. The molecule has 0 aliphatic heterocycles. The predicted octanol–water partition coefficient (Wildman–Crippen LogP) is 3.93. The Hall–Kier alpha value is -1.32. The average molecular weight is 230 g/mol. The van der Waals surface area contributed by atoms with Crippen LogP contribution in [0.4, 0.5) is 13.2 Å². The van der Waals surface area contributed by atoms with Crippen molar-refractivity contribution in [3.8, 4) is 0 Å². The molecule has 1 aromatic rings. The van der Waals surface area contributed by atoms with Gasteiger partial charge in [0.1, 0.15) is 0 Å². The van der Waals surface area contributed by atoms with Gasteiger partial charge >= 0.3 is 6.18 Å². The van der Waals surface area contributed by atoms with E-state index in [1.54, 1.807) is 6.92 Å². The Morgan fingerprint density at radius 1 is 1.38 bits per heavy atom. The Morgan fingerprint density at radius 2 is 2.00 bits per heavy atom. The van der Waals surface area contributed by atoms with Crippen molar-refractivity contribution in [3.63, 3.8) is 0 Å². The van der Waals surface area contributed by atoms with Crippen LogP contribution < -0.4 is 0 Å². The van der Waals surface area contributed by atoms with Gasteiger partial charge in [-0.2, -0.15) is 13.2 Å². The van der Waals surface area contributed by atoms with Gasteiger partial charge in [0.15, 0.2) is 5.78 Å². The quantitative estimate of drug-likeness (QED) is 0.719. The molecule has 0 heterocycles. The topological polar surface area (TPSA) is 17.1 Å². The van der Waals surface area contributed by atoms with Crippen LogP contribution in [0.15, 0.2) is 24.3 Å². The third kappa shape index (κ3) is 2.84. The standard InChI is InChI=1S/C12H13F3O/c1-3-8(2)11(16)9-5-4-6-10(7-9)12(13,14)15/h4-8H,3H2,1-2H3. The largest absolute Gasteiger partial charge is 0.416 e. The zero-order valence-corrected chi connectivity index (χ0v) is 9.14. The minimum Gasteiger partial charge on any atom is -0.294 e. The number of benzene rings is 1. The van der Waals surface area contributed by atoms with Crippen molar-refractivity contribution in [3.05, 3.63) is 35.4 Å². The van der Waals surface area contributed by atoms with Crippen LogP contribution in [-0.4, -0.2) is 5.78 Å². The summed E-state index contributed by atoms with van der Waals surface area (Å²) in [6, 6.07) is 4.56. The highest BCUT2D eigenvalue weighted by molar-refractivity contribution is 5.97. The van der Waals surface area contributed by atoms with E-state index in [1.807, 2.05) is 6.92 Å². The number of carbonyl (C=O) groups excluding carboxylic acids is 1. The molecule has 0 N–H and O–H groups in total. The van der Waals surface area contributed by atoms with E-state index >= 15 is 0 Å². The van der Waals surface area contributed by atoms with E-state index in [4.69, 9.17) is 0 Å². The number of hydrogen-bond donors (Lipinski definition) is 0. The summed E-state index contributed by atoms with van der Waals surface area (Å²) in [5.41, 5.74) is -0.647. The molecular formula is C12H13F3O. The molecule has 0 saturated heterocycles. The fourth-order valence-electron chi connectivity index (χ4n) is 1.32. The molecule has 1 unspecified atom stereocenters. The van der Waals surface area contributed by atoms with Gasteiger partial charge in [0, 0.05) is 11.5 Å². The van der Waals surface area contributed by atoms with E-state index in [0.717, 1.165) is 12.1 Å². The van der Waals surface area contributed by atoms with Crippen LogP contribution in [0.25, 0.3) is 0 Å². The second-order valence-corrected chi connectivity index (χ2v) is 3.75. The number of rotatable bonds is 3. The Labute approximate surface area is 92.3 Å². The predicted molar refractivity (Wildman–Crippen MR) is 55.2 cm³/mol. The smallest absolute Gasteiger partial charge is 0.294 e. The molecule has 1 nitrogen and oxygen atoms in total. The van der Waals surface area contributed by atoms with Crippen LogP contribution in [0, 0.1) is 5.92 Å². The lowest BCUT2D eigenvalue weighted by Gasteiger charge is -2.10. The molecule has 0 fully saturated rings. The molecule has 0 aliphatic carbocycles. The van der Waals surface area contributed by atoms with Crippen LogP contribution in [0.3, 0.4) is 0 Å². The first-order chi connectivity index (χ1) is 7.36. The summed E-state index contributed by atoms with van der Waals surface area (Å²) in [5, 5.41) is 0. The second kappa shape index (κ2) is 4.68. The van der Waals surface area contributed by atoms with Crippen LogP contribution in [0.2, 0.25) is 0 Å². The Kier molecular flexibility index (Phi) is 3.73. The number of halogens is 3. The number of carbonyl (C=O) groups is 1. The number of alkyl halides is 3. The van der Waals surface area contributed by atoms with Gasteiger partial charge in [-0.15, -0.1) is 0 Å². The maximum absolute atomic E-state index is 12.4.